The molecule has 9 nitrogen and oxygen atoms in total. The number of hydrogen-bond donors (Lipinski definition) is 0. The van der Waals surface area contributed by atoms with Crippen molar-refractivity contribution in [3.05, 3.63) is 111 Å². The second kappa shape index (κ2) is 9.68. The lowest BCUT2D eigenvalue weighted by molar-refractivity contribution is -0.385. The van der Waals surface area contributed by atoms with Crippen LogP contribution in [0.15, 0.2) is 72.8 Å². The highest BCUT2D eigenvalue weighted by Crippen LogP contribution is 2.32. The maximum absolute atomic E-state index is 13.2. The number of nitro benzene ring substituents is 1. The Morgan fingerprint density at radius 1 is 0.943 bits per heavy atom. The summed E-state index contributed by atoms with van der Waals surface area (Å²) in [5.74, 6) is -3.21. The van der Waals surface area contributed by atoms with Crippen molar-refractivity contribution >= 4 is 29.3 Å². The minimum atomic E-state index is -1.42. The van der Waals surface area contributed by atoms with Crippen molar-refractivity contribution in [1.29, 1.82) is 0 Å². The third kappa shape index (κ3) is 4.70. The van der Waals surface area contributed by atoms with Crippen LogP contribution in [0.3, 0.4) is 0 Å². The number of fused-ring (bicyclic) bond motifs is 1. The van der Waals surface area contributed by atoms with Crippen molar-refractivity contribution in [2.45, 2.75) is 19.4 Å². The first kappa shape index (κ1) is 23.5. The highest BCUT2D eigenvalue weighted by Gasteiger charge is 2.47. The number of aryl methyl sites for hydroxylation is 1. The maximum atomic E-state index is 13.2. The lowest BCUT2D eigenvalue weighted by Gasteiger charge is -2.24. The van der Waals surface area contributed by atoms with Crippen LogP contribution >= 0.6 is 0 Å². The fourth-order valence-corrected chi connectivity index (χ4v) is 3.89. The van der Waals surface area contributed by atoms with Gasteiger partial charge in [0.25, 0.3) is 17.5 Å². The highest BCUT2D eigenvalue weighted by atomic mass is 16.6. The summed E-state index contributed by atoms with van der Waals surface area (Å²) >= 11 is 0. The van der Waals surface area contributed by atoms with E-state index in [1.807, 2.05) is 6.92 Å². The molecule has 1 heterocycles. The van der Waals surface area contributed by atoms with Crippen LogP contribution in [0, 0.1) is 17.0 Å². The van der Waals surface area contributed by atoms with Gasteiger partial charge in [0.2, 0.25) is 0 Å². The van der Waals surface area contributed by atoms with Crippen LogP contribution < -0.4 is 0 Å². The third-order valence-corrected chi connectivity index (χ3v) is 5.70. The lowest BCUT2D eigenvalue weighted by atomic mass is 10.0. The number of hydrogen-bond acceptors (Lipinski definition) is 7. The van der Waals surface area contributed by atoms with Gasteiger partial charge in [-0.3, -0.25) is 29.4 Å². The minimum absolute atomic E-state index is 0.0857. The topological polar surface area (TPSA) is 124 Å². The Morgan fingerprint density at radius 2 is 1.63 bits per heavy atom. The standard InChI is InChI=1S/C26H20N2O7/c1-16-10-12-18(13-11-16)22(29)15-35-26(32)21(14-17-6-3-2-4-7-17)27-24(30)19-8-5-9-20(28(33)34)23(19)25(27)31/h2-13,21H,14-15H2,1H3. The van der Waals surface area contributed by atoms with Gasteiger partial charge in [-0.15, -0.1) is 0 Å². The van der Waals surface area contributed by atoms with Crippen LogP contribution in [0.2, 0.25) is 0 Å². The molecule has 9 heteroatoms. The summed E-state index contributed by atoms with van der Waals surface area (Å²) in [6, 6.07) is 17.7. The summed E-state index contributed by atoms with van der Waals surface area (Å²) in [4.78, 5) is 63.3. The number of benzene rings is 3. The van der Waals surface area contributed by atoms with Crippen LogP contribution in [-0.4, -0.2) is 46.0 Å². The molecule has 0 aliphatic carbocycles. The van der Waals surface area contributed by atoms with Gasteiger partial charge in [-0.25, -0.2) is 4.79 Å². The number of carbonyl (C=O) groups is 4. The molecule has 0 spiro atoms. The molecule has 1 atom stereocenters. The molecule has 4 rings (SSSR count). The summed E-state index contributed by atoms with van der Waals surface area (Å²) in [5, 5.41) is 11.4. The van der Waals surface area contributed by atoms with Gasteiger partial charge in [0.1, 0.15) is 11.6 Å². The van der Waals surface area contributed by atoms with Crippen LogP contribution in [0.5, 0.6) is 0 Å². The monoisotopic (exact) mass is 472 g/mol. The Kier molecular flexibility index (Phi) is 6.50. The molecular formula is C26H20N2O7. The summed E-state index contributed by atoms with van der Waals surface area (Å²) in [6.07, 6.45) is -0.0857. The van der Waals surface area contributed by atoms with Gasteiger partial charge in [0.05, 0.1) is 10.5 Å². The molecular weight excluding hydrogens is 452 g/mol. The molecule has 0 radical (unpaired) electrons. The van der Waals surface area contributed by atoms with E-state index in [-0.39, 0.29) is 17.5 Å². The highest BCUT2D eigenvalue weighted by molar-refractivity contribution is 6.24. The molecule has 0 saturated carbocycles. The quantitative estimate of drug-likeness (QED) is 0.161. The zero-order valence-electron chi connectivity index (χ0n) is 18.7. The minimum Gasteiger partial charge on any atom is -0.456 e. The Hall–Kier alpha value is -4.66. The van der Waals surface area contributed by atoms with E-state index < -0.39 is 46.8 Å². The van der Waals surface area contributed by atoms with Crippen molar-refractivity contribution in [3.8, 4) is 0 Å². The number of Topliss-reactive ketones (excluding diaryl/α,β-unsaturated/α-hetero) is 1. The Bertz CT molecular complexity index is 1330. The fourth-order valence-electron chi connectivity index (χ4n) is 3.89. The first-order valence-electron chi connectivity index (χ1n) is 10.7. The van der Waals surface area contributed by atoms with Crippen LogP contribution in [0.1, 0.15) is 42.2 Å². The van der Waals surface area contributed by atoms with E-state index >= 15 is 0 Å². The zero-order valence-corrected chi connectivity index (χ0v) is 18.7. The average Bonchev–Trinajstić information content (AvgIpc) is 3.11. The number of nitro groups is 1. The molecule has 1 aliphatic rings. The molecule has 0 fully saturated rings. The number of rotatable bonds is 8. The van der Waals surface area contributed by atoms with Crippen molar-refractivity contribution in [2.75, 3.05) is 6.61 Å². The number of nitrogens with zero attached hydrogens (tertiary/aromatic N) is 2. The molecule has 0 N–H and O–H groups in total. The molecule has 2 amide bonds. The summed E-state index contributed by atoms with van der Waals surface area (Å²) < 4.78 is 5.24. The first-order chi connectivity index (χ1) is 16.8. The van der Waals surface area contributed by atoms with Gasteiger partial charge in [-0.05, 0) is 18.6 Å². The SMILES string of the molecule is Cc1ccc(C(=O)COC(=O)C(Cc2ccccc2)N2C(=O)c3cccc([N+](=O)[O-])c3C2=O)cc1. The van der Waals surface area contributed by atoms with Gasteiger partial charge in [-0.1, -0.05) is 66.2 Å². The molecule has 35 heavy (non-hydrogen) atoms. The molecule has 0 saturated heterocycles. The Labute approximate surface area is 200 Å². The molecule has 1 aliphatic heterocycles. The number of ether oxygens (including phenoxy) is 1. The lowest BCUT2D eigenvalue weighted by Crippen LogP contribution is -2.47. The number of esters is 1. The van der Waals surface area contributed by atoms with Crippen LogP contribution in [0.4, 0.5) is 5.69 Å². The van der Waals surface area contributed by atoms with E-state index in [1.165, 1.54) is 12.1 Å². The van der Waals surface area contributed by atoms with Gasteiger partial charge in [0.15, 0.2) is 12.4 Å². The van der Waals surface area contributed by atoms with Crippen molar-refractivity contribution in [3.63, 3.8) is 0 Å². The smallest absolute Gasteiger partial charge is 0.330 e. The number of carbonyl (C=O) groups excluding carboxylic acids is 4. The number of imide groups is 1. The van der Waals surface area contributed by atoms with Gasteiger partial charge >= 0.3 is 5.97 Å². The van der Waals surface area contributed by atoms with E-state index in [4.69, 9.17) is 4.74 Å². The third-order valence-electron chi connectivity index (χ3n) is 5.70. The number of ketones is 1. The van der Waals surface area contributed by atoms with Gasteiger partial charge < -0.3 is 4.74 Å². The summed E-state index contributed by atoms with van der Waals surface area (Å²) in [6.45, 7) is 1.28. The second-order valence-corrected chi connectivity index (χ2v) is 8.04. The zero-order chi connectivity index (χ0) is 25.1. The predicted octanol–water partition coefficient (Wildman–Crippen LogP) is 3.54. The first-order valence-corrected chi connectivity index (χ1v) is 10.7. The molecule has 176 valence electrons. The molecule has 3 aromatic carbocycles. The summed E-state index contributed by atoms with van der Waals surface area (Å²) in [5.41, 5.74) is 0.880. The average molecular weight is 472 g/mol. The second-order valence-electron chi connectivity index (χ2n) is 8.04. The molecule has 3 aromatic rings. The van der Waals surface area contributed by atoms with Gasteiger partial charge in [0, 0.05) is 18.1 Å². The van der Waals surface area contributed by atoms with E-state index in [0.717, 1.165) is 11.6 Å². The molecule has 0 aromatic heterocycles. The van der Waals surface area contributed by atoms with E-state index in [1.54, 1.807) is 54.6 Å². The van der Waals surface area contributed by atoms with Crippen molar-refractivity contribution in [2.24, 2.45) is 0 Å². The maximum Gasteiger partial charge on any atom is 0.330 e. The Morgan fingerprint density at radius 3 is 2.29 bits per heavy atom. The van der Waals surface area contributed by atoms with E-state index in [2.05, 4.69) is 0 Å². The van der Waals surface area contributed by atoms with Crippen molar-refractivity contribution < 1.29 is 28.8 Å². The van der Waals surface area contributed by atoms with Crippen molar-refractivity contribution in [1.82, 2.24) is 4.90 Å². The number of amides is 2. The van der Waals surface area contributed by atoms with Crippen LogP contribution in [0.25, 0.3) is 0 Å². The molecule has 1 unspecified atom stereocenters. The Balaban J connectivity index is 1.62. The van der Waals surface area contributed by atoms with Gasteiger partial charge in [-0.2, -0.15) is 0 Å². The van der Waals surface area contributed by atoms with E-state index in [9.17, 15) is 29.3 Å². The van der Waals surface area contributed by atoms with E-state index in [0.29, 0.717) is 16.0 Å². The molecule has 0 bridgehead atoms. The van der Waals surface area contributed by atoms with Crippen LogP contribution in [-0.2, 0) is 16.0 Å². The fraction of sp³-hybridized carbons (Fsp3) is 0.154. The largest absolute Gasteiger partial charge is 0.456 e. The predicted molar refractivity (Wildman–Crippen MR) is 124 cm³/mol. The normalized spacial score (nSPS) is 13.3. The summed E-state index contributed by atoms with van der Waals surface area (Å²) in [7, 11) is 0.